The molecule has 104 valence electrons. The molecule has 2 rings (SSSR count). The fraction of sp³-hybridized carbons (Fsp3) is 0.462. The Morgan fingerprint density at radius 3 is 2.32 bits per heavy atom. The summed E-state index contributed by atoms with van der Waals surface area (Å²) < 4.78 is 0. The summed E-state index contributed by atoms with van der Waals surface area (Å²) in [6.45, 7) is 3.69. The van der Waals surface area contributed by atoms with Gasteiger partial charge in [0, 0.05) is 41.9 Å². The second-order valence-electron chi connectivity index (χ2n) is 4.70. The smallest absolute Gasteiger partial charge is 0.241 e. The van der Waals surface area contributed by atoms with Crippen molar-refractivity contribution in [3.05, 3.63) is 28.2 Å². The fourth-order valence-corrected chi connectivity index (χ4v) is 2.53. The van der Waals surface area contributed by atoms with Gasteiger partial charge in [0.2, 0.25) is 5.91 Å². The SMILES string of the molecule is CN1CCN(C(=O)CNc2cc(Cl)cc(Cl)c2)CC1. The molecule has 0 radical (unpaired) electrons. The van der Waals surface area contributed by atoms with Crippen LogP contribution in [-0.4, -0.2) is 55.5 Å². The van der Waals surface area contributed by atoms with Crippen molar-refractivity contribution in [2.24, 2.45) is 0 Å². The zero-order valence-electron chi connectivity index (χ0n) is 10.8. The van der Waals surface area contributed by atoms with Gasteiger partial charge in [-0.1, -0.05) is 23.2 Å². The third kappa shape index (κ3) is 4.27. The van der Waals surface area contributed by atoms with Crippen LogP contribution in [0.5, 0.6) is 0 Å². The van der Waals surface area contributed by atoms with Crippen molar-refractivity contribution in [1.82, 2.24) is 9.80 Å². The van der Waals surface area contributed by atoms with E-state index in [4.69, 9.17) is 23.2 Å². The molecular weight excluding hydrogens is 285 g/mol. The number of carbonyl (C=O) groups is 1. The lowest BCUT2D eigenvalue weighted by atomic mass is 10.3. The number of hydrogen-bond acceptors (Lipinski definition) is 3. The Bertz CT molecular complexity index is 439. The van der Waals surface area contributed by atoms with E-state index in [1.165, 1.54) is 0 Å². The quantitative estimate of drug-likeness (QED) is 0.929. The van der Waals surface area contributed by atoms with Gasteiger partial charge in [0.15, 0.2) is 0 Å². The number of nitrogens with zero attached hydrogens (tertiary/aromatic N) is 2. The van der Waals surface area contributed by atoms with Crippen LogP contribution in [0.3, 0.4) is 0 Å². The highest BCUT2D eigenvalue weighted by Gasteiger charge is 2.18. The Labute approximate surface area is 123 Å². The normalized spacial score (nSPS) is 16.5. The van der Waals surface area contributed by atoms with Gasteiger partial charge in [-0.05, 0) is 25.2 Å². The number of amides is 1. The molecule has 0 unspecified atom stereocenters. The molecule has 1 aromatic rings. The number of hydrogen-bond donors (Lipinski definition) is 1. The highest BCUT2D eigenvalue weighted by Crippen LogP contribution is 2.22. The first kappa shape index (κ1) is 14.4. The van der Waals surface area contributed by atoms with Gasteiger partial charge in [0.25, 0.3) is 0 Å². The highest BCUT2D eigenvalue weighted by molar-refractivity contribution is 6.35. The molecule has 1 saturated heterocycles. The van der Waals surface area contributed by atoms with Gasteiger partial charge in [-0.25, -0.2) is 0 Å². The molecule has 0 atom stereocenters. The van der Waals surface area contributed by atoms with Gasteiger partial charge in [0.05, 0.1) is 6.54 Å². The molecule has 0 aliphatic carbocycles. The van der Waals surface area contributed by atoms with E-state index in [-0.39, 0.29) is 12.5 Å². The Morgan fingerprint density at radius 2 is 1.74 bits per heavy atom. The van der Waals surface area contributed by atoms with Crippen molar-refractivity contribution < 1.29 is 4.79 Å². The van der Waals surface area contributed by atoms with Crippen LogP contribution in [0.15, 0.2) is 18.2 Å². The van der Waals surface area contributed by atoms with Gasteiger partial charge >= 0.3 is 0 Å². The van der Waals surface area contributed by atoms with Gasteiger partial charge in [-0.2, -0.15) is 0 Å². The number of halogens is 2. The summed E-state index contributed by atoms with van der Waals surface area (Å²) >= 11 is 11.8. The first-order valence-electron chi connectivity index (χ1n) is 6.21. The number of anilines is 1. The van der Waals surface area contributed by atoms with Crippen molar-refractivity contribution in [3.8, 4) is 0 Å². The molecule has 0 saturated carbocycles. The number of benzene rings is 1. The lowest BCUT2D eigenvalue weighted by Gasteiger charge is -2.32. The molecule has 6 heteroatoms. The third-order valence-electron chi connectivity index (χ3n) is 3.16. The largest absolute Gasteiger partial charge is 0.376 e. The molecule has 1 fully saturated rings. The molecule has 1 heterocycles. The molecule has 1 N–H and O–H groups in total. The summed E-state index contributed by atoms with van der Waals surface area (Å²) in [6, 6.07) is 5.17. The van der Waals surface area contributed by atoms with Crippen LogP contribution < -0.4 is 5.32 Å². The van der Waals surface area contributed by atoms with Crippen molar-refractivity contribution in [2.45, 2.75) is 0 Å². The van der Waals surface area contributed by atoms with Gasteiger partial charge < -0.3 is 15.1 Å². The van der Waals surface area contributed by atoms with E-state index in [0.717, 1.165) is 31.9 Å². The first-order valence-corrected chi connectivity index (χ1v) is 6.96. The Morgan fingerprint density at radius 1 is 1.16 bits per heavy atom. The van der Waals surface area contributed by atoms with E-state index in [1.54, 1.807) is 18.2 Å². The zero-order chi connectivity index (χ0) is 13.8. The topological polar surface area (TPSA) is 35.6 Å². The number of likely N-dealkylation sites (N-methyl/N-ethyl adjacent to an activating group) is 1. The molecule has 0 bridgehead atoms. The maximum Gasteiger partial charge on any atom is 0.241 e. The van der Waals surface area contributed by atoms with Gasteiger partial charge in [-0.3, -0.25) is 4.79 Å². The van der Waals surface area contributed by atoms with Crippen molar-refractivity contribution >= 4 is 34.8 Å². The van der Waals surface area contributed by atoms with Crippen LogP contribution in [-0.2, 0) is 4.79 Å². The lowest BCUT2D eigenvalue weighted by Crippen LogP contribution is -2.48. The third-order valence-corrected chi connectivity index (χ3v) is 3.60. The standard InChI is InChI=1S/C13H17Cl2N3O/c1-17-2-4-18(5-3-17)13(19)9-16-12-7-10(14)6-11(15)8-12/h6-8,16H,2-5,9H2,1H3. The lowest BCUT2D eigenvalue weighted by molar-refractivity contribution is -0.130. The van der Waals surface area contributed by atoms with E-state index in [1.807, 2.05) is 4.90 Å². The van der Waals surface area contributed by atoms with Gasteiger partial charge in [-0.15, -0.1) is 0 Å². The number of nitrogens with one attached hydrogen (secondary N) is 1. The van der Waals surface area contributed by atoms with Crippen LogP contribution in [0.1, 0.15) is 0 Å². The minimum Gasteiger partial charge on any atom is -0.376 e. The number of rotatable bonds is 3. The first-order chi connectivity index (χ1) is 9.04. The number of piperazine rings is 1. The van der Waals surface area contributed by atoms with Crippen LogP contribution in [0.2, 0.25) is 10.0 Å². The summed E-state index contributed by atoms with van der Waals surface area (Å²) in [5.74, 6) is 0.101. The summed E-state index contributed by atoms with van der Waals surface area (Å²) in [6.07, 6.45) is 0. The average Bonchev–Trinajstić information content (AvgIpc) is 2.36. The van der Waals surface area contributed by atoms with E-state index in [9.17, 15) is 4.79 Å². The van der Waals surface area contributed by atoms with E-state index in [2.05, 4.69) is 17.3 Å². The molecule has 1 aromatic carbocycles. The zero-order valence-corrected chi connectivity index (χ0v) is 12.3. The van der Waals surface area contributed by atoms with Crippen LogP contribution in [0.4, 0.5) is 5.69 Å². The predicted octanol–water partition coefficient (Wildman–Crippen LogP) is 2.18. The predicted molar refractivity (Wildman–Crippen MR) is 79.0 cm³/mol. The number of carbonyl (C=O) groups excluding carboxylic acids is 1. The summed E-state index contributed by atoms with van der Waals surface area (Å²) in [4.78, 5) is 16.1. The van der Waals surface area contributed by atoms with Crippen molar-refractivity contribution in [3.63, 3.8) is 0 Å². The Kier molecular flexibility index (Phi) is 4.91. The average molecular weight is 302 g/mol. The molecule has 1 aliphatic rings. The van der Waals surface area contributed by atoms with Crippen LogP contribution in [0, 0.1) is 0 Å². The molecule has 4 nitrogen and oxygen atoms in total. The van der Waals surface area contributed by atoms with Crippen LogP contribution >= 0.6 is 23.2 Å². The second kappa shape index (κ2) is 6.46. The Hall–Kier alpha value is -0.970. The highest BCUT2D eigenvalue weighted by atomic mass is 35.5. The van der Waals surface area contributed by atoms with Gasteiger partial charge in [0.1, 0.15) is 0 Å². The van der Waals surface area contributed by atoms with E-state index < -0.39 is 0 Å². The Balaban J connectivity index is 1.86. The van der Waals surface area contributed by atoms with E-state index in [0.29, 0.717) is 10.0 Å². The maximum atomic E-state index is 12.0. The summed E-state index contributed by atoms with van der Waals surface area (Å²) in [5.41, 5.74) is 0.764. The summed E-state index contributed by atoms with van der Waals surface area (Å²) in [5, 5.41) is 4.18. The monoisotopic (exact) mass is 301 g/mol. The maximum absolute atomic E-state index is 12.0. The molecule has 0 spiro atoms. The van der Waals surface area contributed by atoms with Crippen molar-refractivity contribution in [2.75, 3.05) is 45.1 Å². The molecule has 19 heavy (non-hydrogen) atoms. The minimum absolute atomic E-state index is 0.101. The molecule has 1 amide bonds. The molecular formula is C13H17Cl2N3O. The van der Waals surface area contributed by atoms with Crippen molar-refractivity contribution in [1.29, 1.82) is 0 Å². The van der Waals surface area contributed by atoms with Crippen LogP contribution in [0.25, 0.3) is 0 Å². The summed E-state index contributed by atoms with van der Waals surface area (Å²) in [7, 11) is 2.06. The minimum atomic E-state index is 0.101. The van der Waals surface area contributed by atoms with E-state index >= 15 is 0 Å². The molecule has 0 aromatic heterocycles. The second-order valence-corrected chi connectivity index (χ2v) is 5.57. The fourth-order valence-electron chi connectivity index (χ4n) is 2.00. The molecule has 1 aliphatic heterocycles.